The Labute approximate surface area is 103 Å². The maximum absolute atomic E-state index is 11.4. The Hall–Kier alpha value is -0.590. The molecular weight excluding hydrogens is 305 g/mol. The molecule has 0 saturated carbocycles. The molecule has 1 N–H and O–H groups in total. The van der Waals surface area contributed by atoms with Crippen molar-refractivity contribution in [3.8, 4) is 0 Å². The molecule has 0 aliphatic heterocycles. The van der Waals surface area contributed by atoms with Crippen LogP contribution in [-0.4, -0.2) is 23.1 Å². The van der Waals surface area contributed by atoms with Gasteiger partial charge in [0.25, 0.3) is 5.56 Å². The highest BCUT2D eigenvalue weighted by molar-refractivity contribution is 14.1. The number of nitrogens with one attached hydrogen (secondary N) is 1. The number of aromatic nitrogens is 2. The molecule has 1 heterocycles. The minimum atomic E-state index is -0.0802. The Morgan fingerprint density at radius 1 is 1.47 bits per heavy atom. The van der Waals surface area contributed by atoms with Crippen molar-refractivity contribution < 1.29 is 0 Å². The molecule has 1 unspecified atom stereocenters. The van der Waals surface area contributed by atoms with E-state index in [-0.39, 0.29) is 5.56 Å². The maximum Gasteiger partial charge on any atom is 0.266 e. The second-order valence-corrected chi connectivity index (χ2v) is 5.04. The molecule has 0 spiro atoms. The predicted molar refractivity (Wildman–Crippen MR) is 70.3 cm³/mol. The summed E-state index contributed by atoms with van der Waals surface area (Å²) in [6.45, 7) is 6.44. The van der Waals surface area contributed by atoms with Crippen molar-refractivity contribution in [2.45, 2.75) is 26.8 Å². The van der Waals surface area contributed by atoms with Crippen molar-refractivity contribution in [2.24, 2.45) is 5.92 Å². The summed E-state index contributed by atoms with van der Waals surface area (Å²) in [6.07, 6.45) is 1.45. The van der Waals surface area contributed by atoms with Crippen LogP contribution in [0.15, 0.2) is 11.1 Å². The number of anilines is 1. The van der Waals surface area contributed by atoms with E-state index in [2.05, 4.69) is 30.7 Å². The smallest absolute Gasteiger partial charge is 0.266 e. The molecule has 1 aromatic rings. The molecule has 4 nitrogen and oxygen atoms in total. The minimum absolute atomic E-state index is 0.0802. The van der Waals surface area contributed by atoms with Crippen molar-refractivity contribution in [3.05, 3.63) is 20.3 Å². The first-order chi connectivity index (χ1) is 6.95. The lowest BCUT2D eigenvalue weighted by Crippen LogP contribution is -2.35. The van der Waals surface area contributed by atoms with Gasteiger partial charge in [-0.25, -0.2) is 4.98 Å². The van der Waals surface area contributed by atoms with Gasteiger partial charge in [0.1, 0.15) is 9.39 Å². The number of nitrogens with zero attached hydrogens (tertiary/aromatic N) is 2. The van der Waals surface area contributed by atoms with Gasteiger partial charge in [0, 0.05) is 13.1 Å². The van der Waals surface area contributed by atoms with E-state index < -0.39 is 0 Å². The number of halogens is 1. The zero-order valence-electron chi connectivity index (χ0n) is 9.41. The fraction of sp³-hybridized carbons (Fsp3) is 0.600. The second-order valence-electron chi connectivity index (χ2n) is 3.96. The number of hydrogen-bond donors (Lipinski definition) is 1. The molecule has 0 amide bonds. The summed E-state index contributed by atoms with van der Waals surface area (Å²) in [7, 11) is 1.97. The average molecular weight is 321 g/mol. The summed E-state index contributed by atoms with van der Waals surface area (Å²) >= 11 is 2.03. The van der Waals surface area contributed by atoms with E-state index in [0.717, 1.165) is 5.82 Å². The van der Waals surface area contributed by atoms with Gasteiger partial charge in [-0.2, -0.15) is 0 Å². The summed E-state index contributed by atoms with van der Waals surface area (Å²) in [5.74, 6) is 1.27. The molecule has 0 aliphatic rings. The van der Waals surface area contributed by atoms with Gasteiger partial charge in [-0.3, -0.25) is 4.79 Å². The van der Waals surface area contributed by atoms with E-state index in [9.17, 15) is 4.79 Å². The quantitative estimate of drug-likeness (QED) is 0.865. The summed E-state index contributed by atoms with van der Waals surface area (Å²) in [6, 6.07) is 0.354. The highest BCUT2D eigenvalue weighted by Crippen LogP contribution is 2.19. The maximum atomic E-state index is 11.4. The van der Waals surface area contributed by atoms with Crippen LogP contribution in [0.1, 0.15) is 20.8 Å². The highest BCUT2D eigenvalue weighted by atomic mass is 127. The molecule has 1 rings (SSSR count). The molecule has 0 aromatic carbocycles. The minimum Gasteiger partial charge on any atom is -0.356 e. The molecule has 0 saturated heterocycles. The lowest BCUT2D eigenvalue weighted by molar-refractivity contribution is 0.501. The van der Waals surface area contributed by atoms with Crippen molar-refractivity contribution in [1.82, 2.24) is 9.97 Å². The topological polar surface area (TPSA) is 49.0 Å². The molecular formula is C10H16IN3O. The van der Waals surface area contributed by atoms with Crippen LogP contribution in [0.3, 0.4) is 0 Å². The van der Waals surface area contributed by atoms with Crippen molar-refractivity contribution in [2.75, 3.05) is 11.9 Å². The largest absolute Gasteiger partial charge is 0.356 e. The fourth-order valence-corrected chi connectivity index (χ4v) is 1.94. The molecule has 0 fully saturated rings. The Kier molecular flexibility index (Phi) is 4.12. The third-order valence-corrected chi connectivity index (χ3v) is 3.66. The first kappa shape index (κ1) is 12.5. The monoisotopic (exact) mass is 321 g/mol. The van der Waals surface area contributed by atoms with E-state index in [1.807, 2.05) is 34.5 Å². The Bertz CT molecular complexity index is 388. The van der Waals surface area contributed by atoms with Gasteiger partial charge >= 0.3 is 0 Å². The number of rotatable bonds is 3. The van der Waals surface area contributed by atoms with Crippen LogP contribution >= 0.6 is 22.6 Å². The summed E-state index contributed by atoms with van der Waals surface area (Å²) in [5.41, 5.74) is -0.0802. The van der Waals surface area contributed by atoms with Gasteiger partial charge in [0.15, 0.2) is 0 Å². The third-order valence-electron chi connectivity index (χ3n) is 2.69. The lowest BCUT2D eigenvalue weighted by Gasteiger charge is -2.29. The van der Waals surface area contributed by atoms with Crippen LogP contribution in [-0.2, 0) is 0 Å². The van der Waals surface area contributed by atoms with Gasteiger partial charge in [-0.1, -0.05) is 13.8 Å². The van der Waals surface area contributed by atoms with E-state index in [1.54, 1.807) is 0 Å². The summed E-state index contributed by atoms with van der Waals surface area (Å²) in [4.78, 5) is 20.2. The molecule has 0 aliphatic carbocycles. The Balaban J connectivity index is 3.06. The zero-order valence-corrected chi connectivity index (χ0v) is 11.6. The lowest BCUT2D eigenvalue weighted by atomic mass is 10.1. The standard InChI is InChI=1S/C10H16IN3O/c1-6(2)7(3)14(4)9-8(11)10(15)13-5-12-9/h5-7H,1-4H3,(H,12,13,15). The fourth-order valence-electron chi connectivity index (χ4n) is 1.26. The molecule has 15 heavy (non-hydrogen) atoms. The number of H-pyrrole nitrogens is 1. The molecule has 0 bridgehead atoms. The van der Waals surface area contributed by atoms with Crippen LogP contribution in [0.2, 0.25) is 0 Å². The van der Waals surface area contributed by atoms with Crippen LogP contribution in [0.5, 0.6) is 0 Å². The van der Waals surface area contributed by atoms with Gasteiger partial charge in [-0.05, 0) is 35.4 Å². The average Bonchev–Trinajstić information content (AvgIpc) is 2.20. The van der Waals surface area contributed by atoms with Crippen molar-refractivity contribution >= 4 is 28.4 Å². The van der Waals surface area contributed by atoms with Gasteiger partial charge in [-0.15, -0.1) is 0 Å². The van der Waals surface area contributed by atoms with Crippen LogP contribution in [0, 0.1) is 9.49 Å². The summed E-state index contributed by atoms with van der Waals surface area (Å²) < 4.78 is 0.644. The normalized spacial score (nSPS) is 12.9. The van der Waals surface area contributed by atoms with Crippen LogP contribution in [0.25, 0.3) is 0 Å². The second kappa shape index (κ2) is 4.96. The highest BCUT2D eigenvalue weighted by Gasteiger charge is 2.17. The van der Waals surface area contributed by atoms with E-state index >= 15 is 0 Å². The predicted octanol–water partition coefficient (Wildman–Crippen LogP) is 1.86. The van der Waals surface area contributed by atoms with E-state index in [1.165, 1.54) is 6.33 Å². The Morgan fingerprint density at radius 2 is 2.07 bits per heavy atom. The van der Waals surface area contributed by atoms with Crippen molar-refractivity contribution in [1.29, 1.82) is 0 Å². The number of aromatic amines is 1. The summed E-state index contributed by atoms with van der Waals surface area (Å²) in [5, 5.41) is 0. The molecule has 1 atom stereocenters. The van der Waals surface area contributed by atoms with Crippen LogP contribution < -0.4 is 10.5 Å². The zero-order chi connectivity index (χ0) is 11.6. The van der Waals surface area contributed by atoms with Gasteiger partial charge in [0.2, 0.25) is 0 Å². The SMILES string of the molecule is CC(C)C(C)N(C)c1nc[nH]c(=O)c1I. The van der Waals surface area contributed by atoms with E-state index in [4.69, 9.17) is 0 Å². The van der Waals surface area contributed by atoms with Gasteiger partial charge in [0.05, 0.1) is 6.33 Å². The number of hydrogen-bond acceptors (Lipinski definition) is 3. The van der Waals surface area contributed by atoms with Crippen LogP contribution in [0.4, 0.5) is 5.82 Å². The van der Waals surface area contributed by atoms with Gasteiger partial charge < -0.3 is 9.88 Å². The molecule has 84 valence electrons. The molecule has 0 radical (unpaired) electrons. The molecule has 5 heteroatoms. The first-order valence-electron chi connectivity index (χ1n) is 4.91. The molecule has 1 aromatic heterocycles. The van der Waals surface area contributed by atoms with Crippen molar-refractivity contribution in [3.63, 3.8) is 0 Å². The Morgan fingerprint density at radius 3 is 2.60 bits per heavy atom. The van der Waals surface area contributed by atoms with E-state index in [0.29, 0.717) is 15.5 Å². The third kappa shape index (κ3) is 2.70. The first-order valence-corrected chi connectivity index (χ1v) is 5.99.